The number of thiophene rings is 2. The average Bonchev–Trinajstić information content (AvgIpc) is 3.43. The predicted molar refractivity (Wildman–Crippen MR) is 123 cm³/mol. The molecule has 3 aromatic rings. The van der Waals surface area contributed by atoms with E-state index in [2.05, 4.69) is 27.0 Å². The maximum Gasteiger partial charge on any atom is 0.162 e. The summed E-state index contributed by atoms with van der Waals surface area (Å²) < 4.78 is 5.37. The van der Waals surface area contributed by atoms with E-state index < -0.39 is 0 Å². The van der Waals surface area contributed by atoms with Crippen molar-refractivity contribution in [3.8, 4) is 16.5 Å². The van der Waals surface area contributed by atoms with Crippen molar-refractivity contribution in [1.82, 2.24) is 9.88 Å². The lowest BCUT2D eigenvalue weighted by Crippen LogP contribution is -2.39. The topological polar surface area (TPSA) is 130 Å². The monoisotopic (exact) mass is 444 g/mol. The Kier molecular flexibility index (Phi) is 7.73. The van der Waals surface area contributed by atoms with Gasteiger partial charge in [0.25, 0.3) is 0 Å². The van der Waals surface area contributed by atoms with E-state index in [9.17, 15) is 10.1 Å². The average molecular weight is 445 g/mol. The molecular formula is C20H24N6O2S2. The van der Waals surface area contributed by atoms with Crippen LogP contribution in [0.3, 0.4) is 0 Å². The molecule has 0 amide bonds. The maximum atomic E-state index is 11.4. The predicted octanol–water partition coefficient (Wildman–Crippen LogP) is 2.61. The van der Waals surface area contributed by atoms with Gasteiger partial charge in [0.1, 0.15) is 22.3 Å². The van der Waals surface area contributed by atoms with Crippen LogP contribution in [-0.4, -0.2) is 62.6 Å². The highest BCUT2D eigenvalue weighted by atomic mass is 32.1. The van der Waals surface area contributed by atoms with Crippen molar-refractivity contribution in [1.29, 1.82) is 5.26 Å². The molecule has 0 radical (unpaired) electrons. The highest BCUT2D eigenvalue weighted by Gasteiger charge is 2.23. The molecule has 158 valence electrons. The molecule has 3 aromatic heterocycles. The van der Waals surface area contributed by atoms with Gasteiger partial charge in [-0.3, -0.25) is 9.69 Å². The summed E-state index contributed by atoms with van der Waals surface area (Å²) in [5.41, 5.74) is 12.3. The number of ether oxygens (including phenoxy) is 1. The van der Waals surface area contributed by atoms with Crippen molar-refractivity contribution in [2.45, 2.75) is 0 Å². The second kappa shape index (κ2) is 10.5. The number of anilines is 2. The van der Waals surface area contributed by atoms with Crippen molar-refractivity contribution in [3.05, 3.63) is 28.0 Å². The summed E-state index contributed by atoms with van der Waals surface area (Å²) in [6.45, 7) is 4.82. The lowest BCUT2D eigenvalue weighted by atomic mass is 10.0. The van der Waals surface area contributed by atoms with Crippen LogP contribution in [0.2, 0.25) is 0 Å². The molecule has 0 aromatic carbocycles. The van der Waals surface area contributed by atoms with Crippen LogP contribution in [0.15, 0.2) is 17.5 Å². The number of morpholine rings is 1. The molecule has 5 N–H and O–H groups in total. The Morgan fingerprint density at radius 3 is 2.80 bits per heavy atom. The van der Waals surface area contributed by atoms with E-state index in [1.165, 1.54) is 29.7 Å². The van der Waals surface area contributed by atoms with Crippen LogP contribution in [0.1, 0.15) is 15.2 Å². The van der Waals surface area contributed by atoms with Crippen molar-refractivity contribution >= 4 is 50.7 Å². The third-order valence-corrected chi connectivity index (χ3v) is 6.63. The number of fused-ring (bicyclic) bond motifs is 1. The van der Waals surface area contributed by atoms with Crippen LogP contribution >= 0.6 is 22.7 Å². The van der Waals surface area contributed by atoms with Gasteiger partial charge in [0.2, 0.25) is 0 Å². The SMILES string of the molecule is CN.N#Cc1c(NCCN2CCOCC2)nc2sc(C=O)c(N)c2c1-c1cccs1. The van der Waals surface area contributed by atoms with E-state index in [4.69, 9.17) is 10.5 Å². The Morgan fingerprint density at radius 2 is 2.17 bits per heavy atom. The molecule has 8 nitrogen and oxygen atoms in total. The molecule has 0 unspecified atom stereocenters. The highest BCUT2D eigenvalue weighted by molar-refractivity contribution is 7.21. The molecule has 0 aliphatic carbocycles. The molecule has 1 aliphatic heterocycles. The molecule has 10 heteroatoms. The summed E-state index contributed by atoms with van der Waals surface area (Å²) >= 11 is 2.79. The molecule has 4 rings (SSSR count). The molecule has 1 aliphatic rings. The number of carbonyl (C=O) groups is 1. The molecular weight excluding hydrogens is 420 g/mol. The minimum Gasteiger partial charge on any atom is -0.397 e. The van der Waals surface area contributed by atoms with E-state index >= 15 is 0 Å². The van der Waals surface area contributed by atoms with Gasteiger partial charge in [0, 0.05) is 42.0 Å². The highest BCUT2D eigenvalue weighted by Crippen LogP contribution is 2.43. The number of pyridine rings is 1. The number of rotatable bonds is 6. The zero-order valence-corrected chi connectivity index (χ0v) is 18.3. The Hall–Kier alpha value is -2.55. The lowest BCUT2D eigenvalue weighted by molar-refractivity contribution is 0.0398. The summed E-state index contributed by atoms with van der Waals surface area (Å²) in [7, 11) is 1.50. The Morgan fingerprint density at radius 1 is 1.40 bits per heavy atom. The van der Waals surface area contributed by atoms with Gasteiger partial charge in [-0.05, 0) is 18.5 Å². The quantitative estimate of drug-likeness (QED) is 0.495. The number of nitrogens with zero attached hydrogens (tertiary/aromatic N) is 3. The van der Waals surface area contributed by atoms with Gasteiger partial charge in [0.05, 0.1) is 23.8 Å². The van der Waals surface area contributed by atoms with Crippen LogP contribution in [-0.2, 0) is 4.74 Å². The van der Waals surface area contributed by atoms with Crippen molar-refractivity contribution < 1.29 is 9.53 Å². The van der Waals surface area contributed by atoms with Gasteiger partial charge in [-0.2, -0.15) is 5.26 Å². The van der Waals surface area contributed by atoms with E-state index in [-0.39, 0.29) is 0 Å². The summed E-state index contributed by atoms with van der Waals surface area (Å²) in [5.74, 6) is 0.533. The Balaban J connectivity index is 0.00000124. The first-order chi connectivity index (χ1) is 14.7. The fourth-order valence-corrected chi connectivity index (χ4v) is 5.02. The number of nitrogens with two attached hydrogens (primary N) is 2. The van der Waals surface area contributed by atoms with Crippen LogP contribution in [0.4, 0.5) is 11.5 Å². The first kappa shape index (κ1) is 22.1. The van der Waals surface area contributed by atoms with Crippen molar-refractivity contribution in [3.63, 3.8) is 0 Å². The summed E-state index contributed by atoms with van der Waals surface area (Å²) in [5, 5.41) is 15.9. The maximum absolute atomic E-state index is 11.4. The molecule has 4 heterocycles. The van der Waals surface area contributed by atoms with Crippen molar-refractivity contribution in [2.24, 2.45) is 5.73 Å². The zero-order valence-electron chi connectivity index (χ0n) is 16.7. The lowest BCUT2D eigenvalue weighted by Gasteiger charge is -2.26. The van der Waals surface area contributed by atoms with Gasteiger partial charge in [-0.15, -0.1) is 22.7 Å². The minimum atomic E-state index is 0.391. The molecule has 0 saturated carbocycles. The first-order valence-electron chi connectivity index (χ1n) is 9.49. The number of hydrogen-bond donors (Lipinski definition) is 3. The van der Waals surface area contributed by atoms with Gasteiger partial charge in [0.15, 0.2) is 6.29 Å². The Bertz CT molecular complexity index is 1040. The van der Waals surface area contributed by atoms with E-state index in [1.807, 2.05) is 17.5 Å². The number of aromatic nitrogens is 1. The molecule has 0 spiro atoms. The van der Waals surface area contributed by atoms with E-state index in [0.29, 0.717) is 38.7 Å². The zero-order chi connectivity index (χ0) is 21.5. The van der Waals surface area contributed by atoms with Gasteiger partial charge in [-0.1, -0.05) is 6.07 Å². The van der Waals surface area contributed by atoms with Gasteiger partial charge < -0.3 is 21.5 Å². The third-order valence-electron chi connectivity index (χ3n) is 4.72. The van der Waals surface area contributed by atoms with E-state index in [0.717, 1.165) is 49.6 Å². The Labute approximate surface area is 183 Å². The van der Waals surface area contributed by atoms with Crippen LogP contribution in [0.5, 0.6) is 0 Å². The van der Waals surface area contributed by atoms with E-state index in [1.54, 1.807) is 0 Å². The van der Waals surface area contributed by atoms with Crippen molar-refractivity contribution in [2.75, 3.05) is 57.5 Å². The second-order valence-corrected chi connectivity index (χ2v) is 8.34. The summed E-state index contributed by atoms with van der Waals surface area (Å²) in [6, 6.07) is 6.18. The largest absolute Gasteiger partial charge is 0.397 e. The number of hydrogen-bond acceptors (Lipinski definition) is 10. The number of nitriles is 1. The van der Waals surface area contributed by atoms with Crippen LogP contribution in [0, 0.1) is 11.3 Å². The molecule has 30 heavy (non-hydrogen) atoms. The van der Waals surface area contributed by atoms with Crippen LogP contribution in [0.25, 0.3) is 20.7 Å². The van der Waals surface area contributed by atoms with Gasteiger partial charge in [-0.25, -0.2) is 4.98 Å². The second-order valence-electron chi connectivity index (χ2n) is 6.36. The normalized spacial score (nSPS) is 14.0. The summed E-state index contributed by atoms with van der Waals surface area (Å²) in [4.78, 5) is 20.4. The number of nitrogen functional groups attached to an aromatic ring is 1. The standard InChI is InChI=1S/C19H19N5O2S2.CH5N/c20-10-12-15(13-2-1-9-27-13)16-17(21)14(11-25)28-19(16)23-18(12)22-3-4-24-5-7-26-8-6-24;1-2/h1-2,9,11H,3-8,21H2,(H,22,23);2H2,1H3. The molecule has 1 saturated heterocycles. The van der Waals surface area contributed by atoms with Crippen LogP contribution < -0.4 is 16.8 Å². The molecule has 0 atom stereocenters. The summed E-state index contributed by atoms with van der Waals surface area (Å²) in [6.07, 6.45) is 0.747. The van der Waals surface area contributed by atoms with Gasteiger partial charge >= 0.3 is 0 Å². The molecule has 1 fully saturated rings. The number of aldehydes is 1. The minimum absolute atomic E-state index is 0.391. The fraction of sp³-hybridized carbons (Fsp3) is 0.350. The molecule has 0 bridgehead atoms. The third kappa shape index (κ3) is 4.45. The number of nitrogens with one attached hydrogen (secondary N) is 1. The number of carbonyl (C=O) groups excluding carboxylic acids is 1. The first-order valence-corrected chi connectivity index (χ1v) is 11.2. The smallest absolute Gasteiger partial charge is 0.162 e. The fourth-order valence-electron chi connectivity index (χ4n) is 3.32.